The van der Waals surface area contributed by atoms with Crippen molar-refractivity contribution in [3.05, 3.63) is 42.4 Å². The molecule has 0 radical (unpaired) electrons. The van der Waals surface area contributed by atoms with Gasteiger partial charge in [0.15, 0.2) is 12.4 Å². The number of sulfonamides is 1. The van der Waals surface area contributed by atoms with Crippen LogP contribution in [0, 0.1) is 0 Å². The van der Waals surface area contributed by atoms with Crippen LogP contribution >= 0.6 is 0 Å². The number of hydrogen-bond donors (Lipinski definition) is 1. The molecule has 158 valence electrons. The molecule has 0 bridgehead atoms. The summed E-state index contributed by atoms with van der Waals surface area (Å²) in [6, 6.07) is 6.04. The number of alkyl halides is 3. The van der Waals surface area contributed by atoms with Crippen molar-refractivity contribution in [1.82, 2.24) is 4.31 Å². The average Bonchev–Trinajstić information content (AvgIpc) is 3.22. The summed E-state index contributed by atoms with van der Waals surface area (Å²) in [5.74, 6) is -1.20. The fourth-order valence-electron chi connectivity index (χ4n) is 2.58. The molecular formula is C17H17F3N2O6S. The van der Waals surface area contributed by atoms with Gasteiger partial charge in [-0.1, -0.05) is 0 Å². The van der Waals surface area contributed by atoms with Gasteiger partial charge in [-0.3, -0.25) is 4.79 Å². The second-order valence-corrected chi connectivity index (χ2v) is 7.95. The number of carbonyl (C=O) groups is 1. The molecule has 1 aliphatic rings. The minimum absolute atomic E-state index is 0.104. The number of halogens is 3. The highest BCUT2D eigenvalue weighted by atomic mass is 32.2. The highest BCUT2D eigenvalue weighted by Gasteiger charge is 2.30. The van der Waals surface area contributed by atoms with E-state index in [2.05, 4.69) is 5.32 Å². The maximum Gasteiger partial charge on any atom is 0.422 e. The third kappa shape index (κ3) is 5.28. The molecule has 0 unspecified atom stereocenters. The summed E-state index contributed by atoms with van der Waals surface area (Å²) in [5, 5.41) is 2.33. The zero-order chi connectivity index (χ0) is 21.1. The lowest BCUT2D eigenvalue weighted by atomic mass is 10.2. The lowest BCUT2D eigenvalue weighted by Crippen LogP contribution is -2.40. The summed E-state index contributed by atoms with van der Waals surface area (Å²) in [7, 11) is -3.93. The zero-order valence-electron chi connectivity index (χ0n) is 14.9. The second-order valence-electron chi connectivity index (χ2n) is 6.01. The van der Waals surface area contributed by atoms with Gasteiger partial charge < -0.3 is 19.2 Å². The third-order valence-corrected chi connectivity index (χ3v) is 5.84. The number of nitrogens with zero attached hydrogens (tertiary/aromatic N) is 1. The molecule has 1 N–H and O–H groups in total. The van der Waals surface area contributed by atoms with Crippen LogP contribution in [0.4, 0.5) is 18.9 Å². The maximum absolute atomic E-state index is 12.8. The first-order valence-corrected chi connectivity index (χ1v) is 9.87. The van der Waals surface area contributed by atoms with E-state index in [0.29, 0.717) is 0 Å². The summed E-state index contributed by atoms with van der Waals surface area (Å²) in [4.78, 5) is 12.0. The van der Waals surface area contributed by atoms with Gasteiger partial charge in [0.05, 0.1) is 30.1 Å². The summed E-state index contributed by atoms with van der Waals surface area (Å²) < 4.78 is 79.2. The fraction of sp³-hybridized carbons (Fsp3) is 0.353. The predicted molar refractivity (Wildman–Crippen MR) is 94.2 cm³/mol. The van der Waals surface area contributed by atoms with Crippen molar-refractivity contribution in [3.8, 4) is 5.75 Å². The van der Waals surface area contributed by atoms with Crippen molar-refractivity contribution < 1.29 is 40.3 Å². The van der Waals surface area contributed by atoms with Crippen molar-refractivity contribution in [2.24, 2.45) is 0 Å². The Morgan fingerprint density at radius 1 is 1.21 bits per heavy atom. The van der Waals surface area contributed by atoms with Crippen LogP contribution in [0.5, 0.6) is 5.75 Å². The molecule has 1 saturated heterocycles. The van der Waals surface area contributed by atoms with E-state index in [0.717, 1.165) is 18.2 Å². The van der Waals surface area contributed by atoms with Crippen LogP contribution in [0.1, 0.15) is 10.6 Å². The number of ether oxygens (including phenoxy) is 2. The van der Waals surface area contributed by atoms with Crippen LogP contribution < -0.4 is 10.1 Å². The third-order valence-electron chi connectivity index (χ3n) is 3.94. The van der Waals surface area contributed by atoms with Crippen LogP contribution in [-0.4, -0.2) is 57.7 Å². The molecular weight excluding hydrogens is 417 g/mol. The number of morpholine rings is 1. The Balaban J connectivity index is 1.92. The Kier molecular flexibility index (Phi) is 6.15. The monoisotopic (exact) mass is 434 g/mol. The number of furan rings is 1. The van der Waals surface area contributed by atoms with E-state index >= 15 is 0 Å². The average molecular weight is 434 g/mol. The van der Waals surface area contributed by atoms with E-state index < -0.39 is 28.7 Å². The fourth-order valence-corrected chi connectivity index (χ4v) is 4.02. The second kappa shape index (κ2) is 8.43. The summed E-state index contributed by atoms with van der Waals surface area (Å²) >= 11 is 0. The van der Waals surface area contributed by atoms with Gasteiger partial charge in [0.1, 0.15) is 5.75 Å². The summed E-state index contributed by atoms with van der Waals surface area (Å²) in [5.41, 5.74) is -0.231. The minimum atomic E-state index is -4.61. The van der Waals surface area contributed by atoms with Gasteiger partial charge in [-0.25, -0.2) is 8.42 Å². The quantitative estimate of drug-likeness (QED) is 0.750. The Morgan fingerprint density at radius 3 is 2.55 bits per heavy atom. The van der Waals surface area contributed by atoms with Crippen LogP contribution in [0.15, 0.2) is 45.9 Å². The molecule has 0 aliphatic carbocycles. The van der Waals surface area contributed by atoms with Crippen LogP contribution in [0.25, 0.3) is 0 Å². The normalized spacial score (nSPS) is 15.8. The first-order valence-electron chi connectivity index (χ1n) is 8.43. The van der Waals surface area contributed by atoms with Crippen molar-refractivity contribution in [2.75, 3.05) is 38.2 Å². The number of hydrogen-bond acceptors (Lipinski definition) is 6. The molecule has 0 saturated carbocycles. The molecule has 1 aliphatic heterocycles. The molecule has 2 heterocycles. The molecule has 1 fully saturated rings. The van der Waals surface area contributed by atoms with Crippen LogP contribution in [-0.2, 0) is 14.8 Å². The van der Waals surface area contributed by atoms with E-state index in [-0.39, 0.29) is 48.4 Å². The van der Waals surface area contributed by atoms with Crippen LogP contribution in [0.2, 0.25) is 0 Å². The maximum atomic E-state index is 12.8. The molecule has 1 amide bonds. The molecule has 1 aromatic heterocycles. The summed E-state index contributed by atoms with van der Waals surface area (Å²) in [6.07, 6.45) is -3.36. The predicted octanol–water partition coefficient (Wildman–Crippen LogP) is 2.49. The first-order chi connectivity index (χ1) is 13.7. The molecule has 12 heteroatoms. The lowest BCUT2D eigenvalue weighted by molar-refractivity contribution is -0.153. The highest BCUT2D eigenvalue weighted by Crippen LogP contribution is 2.31. The Bertz CT molecular complexity index is 954. The number of anilines is 1. The number of carbonyl (C=O) groups excluding carboxylic acids is 1. The zero-order valence-corrected chi connectivity index (χ0v) is 15.8. The topological polar surface area (TPSA) is 98.1 Å². The Morgan fingerprint density at radius 2 is 1.93 bits per heavy atom. The number of benzene rings is 1. The summed E-state index contributed by atoms with van der Waals surface area (Å²) in [6.45, 7) is -0.861. The van der Waals surface area contributed by atoms with Gasteiger partial charge in [0, 0.05) is 13.1 Å². The van der Waals surface area contributed by atoms with Gasteiger partial charge in [-0.05, 0) is 30.3 Å². The standard InChI is InChI=1S/C17H17F3N2O6S/c18-17(19,20)11-28-14-4-3-12(29(24,25)22-5-8-26-9-6-22)10-13(14)21-16(23)15-2-1-7-27-15/h1-4,7,10H,5-6,8-9,11H2,(H,21,23). The smallest absolute Gasteiger partial charge is 0.422 e. The SMILES string of the molecule is O=C(Nc1cc(S(=O)(=O)N2CCOCC2)ccc1OCC(F)(F)F)c1ccco1. The van der Waals surface area contributed by atoms with E-state index in [1.807, 2.05) is 0 Å². The number of amides is 1. The van der Waals surface area contributed by atoms with E-state index in [4.69, 9.17) is 13.9 Å². The van der Waals surface area contributed by atoms with Gasteiger partial charge in [-0.15, -0.1) is 0 Å². The molecule has 1 aromatic carbocycles. The van der Waals surface area contributed by atoms with E-state index in [1.54, 1.807) is 0 Å². The highest BCUT2D eigenvalue weighted by molar-refractivity contribution is 7.89. The Hall–Kier alpha value is -2.57. The van der Waals surface area contributed by atoms with Crippen LogP contribution in [0.3, 0.4) is 0 Å². The molecule has 8 nitrogen and oxygen atoms in total. The molecule has 3 rings (SSSR count). The van der Waals surface area contributed by atoms with Gasteiger partial charge >= 0.3 is 6.18 Å². The van der Waals surface area contributed by atoms with Crippen molar-refractivity contribution in [1.29, 1.82) is 0 Å². The minimum Gasteiger partial charge on any atom is -0.482 e. The first kappa shape index (κ1) is 21.1. The molecule has 2 aromatic rings. The molecule has 0 spiro atoms. The molecule has 0 atom stereocenters. The lowest BCUT2D eigenvalue weighted by Gasteiger charge is -2.26. The van der Waals surface area contributed by atoms with Gasteiger partial charge in [0.2, 0.25) is 10.0 Å². The van der Waals surface area contributed by atoms with Crippen molar-refractivity contribution in [2.45, 2.75) is 11.1 Å². The van der Waals surface area contributed by atoms with Gasteiger partial charge in [0.25, 0.3) is 5.91 Å². The molecule has 29 heavy (non-hydrogen) atoms. The van der Waals surface area contributed by atoms with Gasteiger partial charge in [-0.2, -0.15) is 17.5 Å². The van der Waals surface area contributed by atoms with Crippen molar-refractivity contribution in [3.63, 3.8) is 0 Å². The number of rotatable bonds is 6. The number of nitrogens with one attached hydrogen (secondary N) is 1. The largest absolute Gasteiger partial charge is 0.482 e. The van der Waals surface area contributed by atoms with E-state index in [9.17, 15) is 26.4 Å². The van der Waals surface area contributed by atoms with Crippen molar-refractivity contribution >= 4 is 21.6 Å². The van der Waals surface area contributed by atoms with E-state index in [1.165, 1.54) is 22.7 Å². The Labute approximate surface area is 164 Å².